The zero-order valence-corrected chi connectivity index (χ0v) is 11.9. The van der Waals surface area contributed by atoms with Crippen molar-refractivity contribution in [2.75, 3.05) is 13.1 Å². The van der Waals surface area contributed by atoms with Gasteiger partial charge in [0.2, 0.25) is 5.91 Å². The van der Waals surface area contributed by atoms with Crippen molar-refractivity contribution in [3.63, 3.8) is 0 Å². The molecule has 1 saturated heterocycles. The van der Waals surface area contributed by atoms with Crippen molar-refractivity contribution in [3.05, 3.63) is 0 Å². The molecule has 3 nitrogen and oxygen atoms in total. The lowest BCUT2D eigenvalue weighted by Crippen LogP contribution is -2.48. The highest BCUT2D eigenvalue weighted by Gasteiger charge is 2.44. The van der Waals surface area contributed by atoms with E-state index < -0.39 is 17.5 Å². The molecule has 0 spiro atoms. The standard InChI is InChI=1S/C14H23F3N2O/c1-2-13(6-7-18-9-13)12(20)19-11-5-3-4-10(8-11)14(15,16)17/h10-11,18H,2-9H2,1H3,(H,19,20). The Labute approximate surface area is 117 Å². The van der Waals surface area contributed by atoms with Crippen LogP contribution in [-0.2, 0) is 4.79 Å². The van der Waals surface area contributed by atoms with Crippen molar-refractivity contribution in [1.29, 1.82) is 0 Å². The van der Waals surface area contributed by atoms with E-state index in [0.29, 0.717) is 19.4 Å². The molecule has 6 heteroatoms. The quantitative estimate of drug-likeness (QED) is 0.839. The Kier molecular flexibility index (Phi) is 4.62. The fourth-order valence-electron chi connectivity index (χ4n) is 3.36. The molecule has 0 aromatic heterocycles. The molecule has 1 heterocycles. The minimum absolute atomic E-state index is 0.0302. The van der Waals surface area contributed by atoms with Gasteiger partial charge in [0.1, 0.15) is 0 Å². The van der Waals surface area contributed by atoms with Gasteiger partial charge >= 0.3 is 6.18 Å². The van der Waals surface area contributed by atoms with Crippen LogP contribution < -0.4 is 10.6 Å². The van der Waals surface area contributed by atoms with Gasteiger partial charge in [0.25, 0.3) is 0 Å². The molecule has 2 rings (SSSR count). The van der Waals surface area contributed by atoms with E-state index in [4.69, 9.17) is 0 Å². The van der Waals surface area contributed by atoms with Crippen LogP contribution in [0.4, 0.5) is 13.2 Å². The van der Waals surface area contributed by atoms with Gasteiger partial charge in [-0.3, -0.25) is 4.79 Å². The van der Waals surface area contributed by atoms with Crippen LogP contribution in [0.3, 0.4) is 0 Å². The second kappa shape index (κ2) is 5.92. The van der Waals surface area contributed by atoms with Crippen molar-refractivity contribution in [3.8, 4) is 0 Å². The fraction of sp³-hybridized carbons (Fsp3) is 0.929. The van der Waals surface area contributed by atoms with Crippen molar-refractivity contribution >= 4 is 5.91 Å². The van der Waals surface area contributed by atoms with Gasteiger partial charge in [-0.15, -0.1) is 0 Å². The Morgan fingerprint density at radius 2 is 2.15 bits per heavy atom. The van der Waals surface area contributed by atoms with E-state index in [2.05, 4.69) is 10.6 Å². The van der Waals surface area contributed by atoms with Crippen molar-refractivity contribution in [1.82, 2.24) is 10.6 Å². The van der Waals surface area contributed by atoms with Gasteiger partial charge < -0.3 is 10.6 Å². The Hall–Kier alpha value is -0.780. The molecule has 0 aromatic rings. The summed E-state index contributed by atoms with van der Waals surface area (Å²) >= 11 is 0. The van der Waals surface area contributed by atoms with Crippen LogP contribution in [0.2, 0.25) is 0 Å². The summed E-state index contributed by atoms with van der Waals surface area (Å²) in [6.45, 7) is 3.40. The second-order valence-electron chi connectivity index (χ2n) is 6.14. The van der Waals surface area contributed by atoms with Crippen LogP contribution in [0.15, 0.2) is 0 Å². The van der Waals surface area contributed by atoms with Crippen LogP contribution >= 0.6 is 0 Å². The van der Waals surface area contributed by atoms with Crippen LogP contribution in [0.1, 0.15) is 45.4 Å². The summed E-state index contributed by atoms with van der Waals surface area (Å²) in [5.74, 6) is -1.33. The first-order chi connectivity index (χ1) is 9.37. The van der Waals surface area contributed by atoms with Crippen LogP contribution in [-0.4, -0.2) is 31.2 Å². The lowest BCUT2D eigenvalue weighted by atomic mass is 9.81. The van der Waals surface area contributed by atoms with Crippen LogP contribution in [0.25, 0.3) is 0 Å². The summed E-state index contributed by atoms with van der Waals surface area (Å²) in [5.41, 5.74) is -0.425. The van der Waals surface area contributed by atoms with Crippen molar-refractivity contribution < 1.29 is 18.0 Å². The van der Waals surface area contributed by atoms with E-state index in [1.807, 2.05) is 6.92 Å². The largest absolute Gasteiger partial charge is 0.391 e. The predicted molar refractivity (Wildman–Crippen MR) is 70.2 cm³/mol. The van der Waals surface area contributed by atoms with Gasteiger partial charge in [-0.2, -0.15) is 13.2 Å². The van der Waals surface area contributed by atoms with Crippen molar-refractivity contribution in [2.24, 2.45) is 11.3 Å². The van der Waals surface area contributed by atoms with Crippen molar-refractivity contribution in [2.45, 2.75) is 57.7 Å². The predicted octanol–water partition coefficient (Wildman–Crippen LogP) is 2.61. The highest BCUT2D eigenvalue weighted by Crippen LogP contribution is 2.38. The van der Waals surface area contributed by atoms with E-state index in [9.17, 15) is 18.0 Å². The maximum atomic E-state index is 12.8. The number of hydrogen-bond donors (Lipinski definition) is 2. The number of amides is 1. The number of alkyl halides is 3. The van der Waals surface area contributed by atoms with Gasteiger partial charge in [0.05, 0.1) is 11.3 Å². The zero-order chi connectivity index (χ0) is 14.8. The molecule has 1 saturated carbocycles. The molecular weight excluding hydrogens is 269 g/mol. The summed E-state index contributed by atoms with van der Waals surface area (Å²) < 4.78 is 38.3. The van der Waals surface area contributed by atoms with E-state index >= 15 is 0 Å². The first-order valence-corrected chi connectivity index (χ1v) is 7.46. The smallest absolute Gasteiger partial charge is 0.353 e. The minimum atomic E-state index is -4.14. The minimum Gasteiger partial charge on any atom is -0.353 e. The normalized spacial score (nSPS) is 35.0. The molecule has 3 atom stereocenters. The first kappa shape index (κ1) is 15.6. The second-order valence-corrected chi connectivity index (χ2v) is 6.14. The van der Waals surface area contributed by atoms with E-state index in [-0.39, 0.29) is 24.8 Å². The molecule has 2 N–H and O–H groups in total. The van der Waals surface area contributed by atoms with E-state index in [0.717, 1.165) is 19.4 Å². The molecule has 3 unspecified atom stereocenters. The van der Waals surface area contributed by atoms with Crippen LogP contribution in [0, 0.1) is 11.3 Å². The van der Waals surface area contributed by atoms with E-state index in [1.54, 1.807) is 0 Å². The zero-order valence-electron chi connectivity index (χ0n) is 11.9. The number of carbonyl (C=O) groups excluding carboxylic acids is 1. The molecule has 2 aliphatic rings. The van der Waals surface area contributed by atoms with Gasteiger partial charge in [0.15, 0.2) is 0 Å². The summed E-state index contributed by atoms with van der Waals surface area (Å²) in [6, 6.07) is -0.327. The lowest BCUT2D eigenvalue weighted by molar-refractivity contribution is -0.184. The molecule has 1 amide bonds. The third-order valence-corrected chi connectivity index (χ3v) is 4.87. The molecule has 1 aliphatic carbocycles. The highest BCUT2D eigenvalue weighted by atomic mass is 19.4. The molecule has 0 radical (unpaired) electrons. The lowest BCUT2D eigenvalue weighted by Gasteiger charge is -2.34. The molecule has 20 heavy (non-hydrogen) atoms. The monoisotopic (exact) mass is 292 g/mol. The molecular formula is C14H23F3N2O. The van der Waals surface area contributed by atoms with E-state index in [1.165, 1.54) is 0 Å². The van der Waals surface area contributed by atoms with Gasteiger partial charge in [-0.05, 0) is 38.6 Å². The molecule has 1 aliphatic heterocycles. The Balaban J connectivity index is 1.94. The molecule has 116 valence electrons. The topological polar surface area (TPSA) is 41.1 Å². The molecule has 0 bridgehead atoms. The summed E-state index contributed by atoms with van der Waals surface area (Å²) in [5, 5.41) is 6.05. The summed E-state index contributed by atoms with van der Waals surface area (Å²) in [4.78, 5) is 12.4. The molecule has 0 aromatic carbocycles. The van der Waals surface area contributed by atoms with Gasteiger partial charge in [-0.1, -0.05) is 13.3 Å². The third-order valence-electron chi connectivity index (χ3n) is 4.87. The number of hydrogen-bond acceptors (Lipinski definition) is 2. The number of halogens is 3. The van der Waals surface area contributed by atoms with Gasteiger partial charge in [-0.25, -0.2) is 0 Å². The number of carbonyl (C=O) groups is 1. The Morgan fingerprint density at radius 3 is 2.70 bits per heavy atom. The summed E-state index contributed by atoms with van der Waals surface area (Å²) in [6.07, 6.45) is -1.23. The van der Waals surface area contributed by atoms with Crippen LogP contribution in [0.5, 0.6) is 0 Å². The maximum Gasteiger partial charge on any atom is 0.391 e. The Bertz CT molecular complexity index is 351. The number of nitrogens with one attached hydrogen (secondary N) is 2. The average molecular weight is 292 g/mol. The fourth-order valence-corrected chi connectivity index (χ4v) is 3.36. The average Bonchev–Trinajstić information content (AvgIpc) is 2.88. The third kappa shape index (κ3) is 3.27. The molecule has 2 fully saturated rings. The maximum absolute atomic E-state index is 12.8. The highest BCUT2D eigenvalue weighted by molar-refractivity contribution is 5.83. The SMILES string of the molecule is CCC1(C(=O)NC2CCCC(C(F)(F)F)C2)CCNC1. The first-order valence-electron chi connectivity index (χ1n) is 7.46. The summed E-state index contributed by atoms with van der Waals surface area (Å²) in [7, 11) is 0. The Morgan fingerprint density at radius 1 is 1.40 bits per heavy atom. The van der Waals surface area contributed by atoms with Gasteiger partial charge in [0, 0.05) is 12.6 Å². The number of rotatable bonds is 3.